The molecular formula is C32H26Cl2FN3O3S. The summed E-state index contributed by atoms with van der Waals surface area (Å²) in [6.45, 7) is 1.90. The van der Waals surface area contributed by atoms with E-state index in [-0.39, 0.29) is 11.6 Å². The normalized spacial score (nSPS) is 11.9. The summed E-state index contributed by atoms with van der Waals surface area (Å²) in [4.78, 5) is 39.9. The van der Waals surface area contributed by atoms with Crippen molar-refractivity contribution in [2.24, 2.45) is 0 Å². The molecule has 10 heteroatoms. The summed E-state index contributed by atoms with van der Waals surface area (Å²) in [5, 5.41) is 8.66. The molecule has 3 N–H and O–H groups in total. The largest absolute Gasteiger partial charge is 0.324 e. The van der Waals surface area contributed by atoms with E-state index in [1.54, 1.807) is 66.7 Å². The number of carbonyl (C=O) groups is 3. The van der Waals surface area contributed by atoms with Gasteiger partial charge in [-0.15, -0.1) is 11.8 Å². The second-order valence-electron chi connectivity index (χ2n) is 9.04. The van der Waals surface area contributed by atoms with Crippen molar-refractivity contribution in [1.82, 2.24) is 5.32 Å². The minimum atomic E-state index is -0.576. The highest BCUT2D eigenvalue weighted by Gasteiger charge is 2.20. The fourth-order valence-electron chi connectivity index (χ4n) is 3.80. The standard InChI is InChI=1S/C32H26Cl2FN3O3S/c1-2-29(32(41)37-27-16-13-22(33)18-26(27)34)42-25-10-6-9-24(19-25)36-31(40)28(17-20-11-14-23(35)15-12-20)38-30(39)21-7-4-3-5-8-21/h3-19,29H,2H2,1H3,(H,36,40)(H,37,41)(H,38,39)/b28-17-. The van der Waals surface area contributed by atoms with Crippen molar-refractivity contribution in [3.8, 4) is 0 Å². The fourth-order valence-corrected chi connectivity index (χ4v) is 5.27. The third-order valence-electron chi connectivity index (χ3n) is 5.93. The average Bonchev–Trinajstić information content (AvgIpc) is 2.98. The van der Waals surface area contributed by atoms with Gasteiger partial charge >= 0.3 is 0 Å². The van der Waals surface area contributed by atoms with Crippen molar-refractivity contribution in [3.05, 3.63) is 130 Å². The summed E-state index contributed by atoms with van der Waals surface area (Å²) in [6, 6.07) is 25.9. The second kappa shape index (κ2) is 14.7. The first-order valence-electron chi connectivity index (χ1n) is 12.9. The molecule has 4 aromatic rings. The number of hydrogen-bond donors (Lipinski definition) is 3. The van der Waals surface area contributed by atoms with Gasteiger partial charge in [0.2, 0.25) is 5.91 Å². The van der Waals surface area contributed by atoms with Crippen molar-refractivity contribution < 1.29 is 18.8 Å². The molecule has 42 heavy (non-hydrogen) atoms. The van der Waals surface area contributed by atoms with E-state index >= 15 is 0 Å². The predicted octanol–water partition coefficient (Wildman–Crippen LogP) is 8.05. The van der Waals surface area contributed by atoms with Gasteiger partial charge in [-0.1, -0.05) is 66.5 Å². The average molecular weight is 623 g/mol. The number of carbonyl (C=O) groups excluding carboxylic acids is 3. The third-order valence-corrected chi connectivity index (χ3v) is 7.84. The molecule has 3 amide bonds. The molecule has 214 valence electrons. The highest BCUT2D eigenvalue weighted by Crippen LogP contribution is 2.30. The molecule has 0 aromatic heterocycles. The monoisotopic (exact) mass is 621 g/mol. The van der Waals surface area contributed by atoms with Gasteiger partial charge in [-0.05, 0) is 78.7 Å². The molecule has 0 aliphatic rings. The van der Waals surface area contributed by atoms with Crippen LogP contribution in [0.1, 0.15) is 29.3 Å². The number of halogens is 3. The lowest BCUT2D eigenvalue weighted by Gasteiger charge is -2.16. The van der Waals surface area contributed by atoms with E-state index in [1.165, 1.54) is 42.1 Å². The first-order valence-corrected chi connectivity index (χ1v) is 14.5. The molecular weight excluding hydrogens is 596 g/mol. The van der Waals surface area contributed by atoms with Crippen LogP contribution in [0.15, 0.2) is 108 Å². The minimum Gasteiger partial charge on any atom is -0.324 e. The molecule has 1 unspecified atom stereocenters. The lowest BCUT2D eigenvalue weighted by atomic mass is 10.1. The molecule has 0 heterocycles. The molecule has 0 aliphatic heterocycles. The summed E-state index contributed by atoms with van der Waals surface area (Å²) in [7, 11) is 0. The number of amides is 3. The van der Waals surface area contributed by atoms with Crippen molar-refractivity contribution in [3.63, 3.8) is 0 Å². The van der Waals surface area contributed by atoms with E-state index in [0.29, 0.717) is 39.0 Å². The smallest absolute Gasteiger partial charge is 0.272 e. The van der Waals surface area contributed by atoms with Crippen molar-refractivity contribution >= 4 is 70.1 Å². The molecule has 1 atom stereocenters. The van der Waals surface area contributed by atoms with Crippen molar-refractivity contribution in [2.75, 3.05) is 10.6 Å². The number of nitrogens with one attached hydrogen (secondary N) is 3. The van der Waals surface area contributed by atoms with Gasteiger partial charge in [0.1, 0.15) is 11.5 Å². The van der Waals surface area contributed by atoms with Crippen LogP contribution in [-0.2, 0) is 9.59 Å². The maximum absolute atomic E-state index is 13.4. The number of benzene rings is 4. The Bertz CT molecular complexity index is 1620. The van der Waals surface area contributed by atoms with Crippen LogP contribution >= 0.6 is 35.0 Å². The summed E-state index contributed by atoms with van der Waals surface area (Å²) < 4.78 is 13.4. The summed E-state index contributed by atoms with van der Waals surface area (Å²) >= 11 is 13.5. The Kier molecular flexibility index (Phi) is 10.8. The molecule has 0 saturated carbocycles. The fraction of sp³-hybridized carbons (Fsp3) is 0.0938. The van der Waals surface area contributed by atoms with E-state index in [9.17, 15) is 18.8 Å². The molecule has 4 aromatic carbocycles. The molecule has 0 bridgehead atoms. The highest BCUT2D eigenvalue weighted by molar-refractivity contribution is 8.00. The van der Waals surface area contributed by atoms with Crippen LogP contribution in [0.2, 0.25) is 10.0 Å². The SMILES string of the molecule is CCC(Sc1cccc(NC(=O)/C(=C/c2ccc(F)cc2)NC(=O)c2ccccc2)c1)C(=O)Nc1ccc(Cl)cc1Cl. The van der Waals surface area contributed by atoms with Gasteiger partial charge < -0.3 is 16.0 Å². The zero-order chi connectivity index (χ0) is 30.1. The van der Waals surface area contributed by atoms with Gasteiger partial charge in [0, 0.05) is 21.2 Å². The molecule has 6 nitrogen and oxygen atoms in total. The Balaban J connectivity index is 1.50. The van der Waals surface area contributed by atoms with E-state index in [2.05, 4.69) is 16.0 Å². The molecule has 0 radical (unpaired) electrons. The first-order chi connectivity index (χ1) is 20.2. The van der Waals surface area contributed by atoms with Crippen LogP contribution in [0.4, 0.5) is 15.8 Å². The molecule has 4 rings (SSSR count). The van der Waals surface area contributed by atoms with Gasteiger partial charge in [-0.3, -0.25) is 14.4 Å². The van der Waals surface area contributed by atoms with Gasteiger partial charge in [-0.2, -0.15) is 0 Å². The maximum atomic E-state index is 13.4. The summed E-state index contributed by atoms with van der Waals surface area (Å²) in [6.07, 6.45) is 2.00. The summed E-state index contributed by atoms with van der Waals surface area (Å²) in [5.74, 6) is -1.70. The predicted molar refractivity (Wildman–Crippen MR) is 168 cm³/mol. The van der Waals surface area contributed by atoms with Gasteiger partial charge in [-0.25, -0.2) is 4.39 Å². The quantitative estimate of drug-likeness (QED) is 0.123. The Morgan fingerprint density at radius 3 is 2.31 bits per heavy atom. The Hall–Kier alpha value is -4.11. The lowest BCUT2D eigenvalue weighted by molar-refractivity contribution is -0.116. The maximum Gasteiger partial charge on any atom is 0.272 e. The van der Waals surface area contributed by atoms with Crippen LogP contribution in [0.3, 0.4) is 0 Å². The van der Waals surface area contributed by atoms with Crippen LogP contribution in [-0.4, -0.2) is 23.0 Å². The lowest BCUT2D eigenvalue weighted by Crippen LogP contribution is -2.30. The van der Waals surface area contributed by atoms with Crippen LogP contribution in [0.25, 0.3) is 6.08 Å². The van der Waals surface area contributed by atoms with Crippen molar-refractivity contribution in [1.29, 1.82) is 0 Å². The molecule has 0 aliphatic carbocycles. The second-order valence-corrected chi connectivity index (χ2v) is 11.2. The number of rotatable bonds is 10. The number of hydrogen-bond acceptors (Lipinski definition) is 4. The van der Waals surface area contributed by atoms with E-state index in [4.69, 9.17) is 23.2 Å². The van der Waals surface area contributed by atoms with Gasteiger partial charge in [0.15, 0.2) is 0 Å². The van der Waals surface area contributed by atoms with Crippen molar-refractivity contribution in [2.45, 2.75) is 23.5 Å². The number of anilines is 2. The minimum absolute atomic E-state index is 0.0285. The molecule has 0 saturated heterocycles. The first kappa shape index (κ1) is 30.8. The van der Waals surface area contributed by atoms with E-state index < -0.39 is 22.9 Å². The van der Waals surface area contributed by atoms with Gasteiger partial charge in [0.25, 0.3) is 11.8 Å². The zero-order valence-electron chi connectivity index (χ0n) is 22.4. The Morgan fingerprint density at radius 1 is 0.881 bits per heavy atom. The zero-order valence-corrected chi connectivity index (χ0v) is 24.7. The third kappa shape index (κ3) is 8.69. The topological polar surface area (TPSA) is 87.3 Å². The number of thioether (sulfide) groups is 1. The molecule has 0 fully saturated rings. The Labute approximate surface area is 257 Å². The van der Waals surface area contributed by atoms with Crippen LogP contribution < -0.4 is 16.0 Å². The van der Waals surface area contributed by atoms with E-state index in [1.807, 2.05) is 13.0 Å². The van der Waals surface area contributed by atoms with Crippen LogP contribution in [0, 0.1) is 5.82 Å². The van der Waals surface area contributed by atoms with Gasteiger partial charge in [0.05, 0.1) is 16.0 Å². The molecule has 0 spiro atoms. The summed E-state index contributed by atoms with van der Waals surface area (Å²) in [5.41, 5.74) is 1.79. The van der Waals surface area contributed by atoms with E-state index in [0.717, 1.165) is 4.90 Å². The highest BCUT2D eigenvalue weighted by atomic mass is 35.5. The Morgan fingerprint density at radius 2 is 1.62 bits per heavy atom. The van der Waals surface area contributed by atoms with Crippen LogP contribution in [0.5, 0.6) is 0 Å².